The predicted molar refractivity (Wildman–Crippen MR) is 170 cm³/mol. The Morgan fingerprint density at radius 1 is 1.09 bits per heavy atom. The second-order valence-electron chi connectivity index (χ2n) is 11.3. The van der Waals surface area contributed by atoms with Gasteiger partial charge >= 0.3 is 6.18 Å². The Bertz CT molecular complexity index is 1510. The molecule has 1 aliphatic heterocycles. The number of nitrogens with zero attached hydrogens (tertiary/aromatic N) is 4. The number of nitrogens with one attached hydrogen (secondary N) is 1. The SMILES string of the molecule is C/C=N\c1c(C2CCCCC2)cccc1S(=O)(=O)NC/C=C\C(=C/CC)C(=O)N1CCN(Cc2ncccc2C(F)(F)F)CC1. The van der Waals surface area contributed by atoms with E-state index in [0.717, 1.165) is 37.3 Å². The molecular weight excluding hydrogens is 603 g/mol. The van der Waals surface area contributed by atoms with E-state index in [1.165, 1.54) is 18.7 Å². The third-order valence-corrected chi connectivity index (χ3v) is 9.67. The lowest BCUT2D eigenvalue weighted by Crippen LogP contribution is -2.48. The summed E-state index contributed by atoms with van der Waals surface area (Å²) in [6.45, 7) is 5.23. The van der Waals surface area contributed by atoms with Crippen molar-refractivity contribution in [2.75, 3.05) is 32.7 Å². The van der Waals surface area contributed by atoms with Crippen molar-refractivity contribution in [1.82, 2.24) is 19.5 Å². The summed E-state index contributed by atoms with van der Waals surface area (Å²) in [5.74, 6) is 0.0821. The highest BCUT2D eigenvalue weighted by Crippen LogP contribution is 2.40. The van der Waals surface area contributed by atoms with E-state index >= 15 is 0 Å². The van der Waals surface area contributed by atoms with Crippen LogP contribution in [0.1, 0.15) is 75.1 Å². The minimum atomic E-state index is -4.48. The molecule has 1 aromatic carbocycles. The van der Waals surface area contributed by atoms with Gasteiger partial charge in [0.1, 0.15) is 4.90 Å². The summed E-state index contributed by atoms with van der Waals surface area (Å²) < 4.78 is 69.5. The summed E-state index contributed by atoms with van der Waals surface area (Å²) in [7, 11) is -3.88. The molecule has 1 aliphatic carbocycles. The number of sulfonamides is 1. The Morgan fingerprint density at radius 2 is 1.82 bits per heavy atom. The van der Waals surface area contributed by atoms with Gasteiger partial charge in [-0.15, -0.1) is 0 Å². The zero-order chi connectivity index (χ0) is 32.5. The number of benzene rings is 1. The quantitative estimate of drug-likeness (QED) is 0.174. The van der Waals surface area contributed by atoms with Crippen LogP contribution in [0.3, 0.4) is 0 Å². The normalized spacial score (nSPS) is 17.9. The van der Waals surface area contributed by atoms with Crippen molar-refractivity contribution >= 4 is 27.8 Å². The molecule has 12 heteroatoms. The van der Waals surface area contributed by atoms with Crippen LogP contribution in [0.4, 0.5) is 18.9 Å². The van der Waals surface area contributed by atoms with Crippen LogP contribution < -0.4 is 4.72 Å². The van der Waals surface area contributed by atoms with E-state index in [-0.39, 0.29) is 35.5 Å². The van der Waals surface area contributed by atoms with Gasteiger partial charge in [0.05, 0.1) is 16.9 Å². The number of rotatable bonds is 11. The number of piperazine rings is 1. The second-order valence-corrected chi connectivity index (χ2v) is 13.0. The van der Waals surface area contributed by atoms with Gasteiger partial charge in [0.2, 0.25) is 10.0 Å². The fourth-order valence-corrected chi connectivity index (χ4v) is 7.11. The molecule has 1 aromatic heterocycles. The van der Waals surface area contributed by atoms with Crippen LogP contribution in [0.5, 0.6) is 0 Å². The molecule has 1 N–H and O–H groups in total. The van der Waals surface area contributed by atoms with Gasteiger partial charge in [0.15, 0.2) is 0 Å². The van der Waals surface area contributed by atoms with Crippen molar-refractivity contribution in [3.63, 3.8) is 0 Å². The van der Waals surface area contributed by atoms with E-state index in [1.807, 2.05) is 17.9 Å². The Hall–Kier alpha value is -3.35. The Balaban J connectivity index is 1.37. The van der Waals surface area contributed by atoms with Crippen LogP contribution >= 0.6 is 0 Å². The van der Waals surface area contributed by atoms with Gasteiger partial charge < -0.3 is 4.90 Å². The lowest BCUT2D eigenvalue weighted by molar-refractivity contribution is -0.138. The van der Waals surface area contributed by atoms with Gasteiger partial charge in [0.25, 0.3) is 5.91 Å². The summed E-state index contributed by atoms with van der Waals surface area (Å²) >= 11 is 0. The number of aromatic nitrogens is 1. The van der Waals surface area contributed by atoms with Gasteiger partial charge in [0, 0.05) is 57.3 Å². The molecule has 0 bridgehead atoms. The monoisotopic (exact) mass is 645 g/mol. The minimum Gasteiger partial charge on any atom is -0.336 e. The highest BCUT2D eigenvalue weighted by molar-refractivity contribution is 7.89. The molecule has 45 heavy (non-hydrogen) atoms. The van der Waals surface area contributed by atoms with Crippen molar-refractivity contribution in [3.05, 3.63) is 77.2 Å². The van der Waals surface area contributed by atoms with Gasteiger partial charge in [-0.2, -0.15) is 13.2 Å². The van der Waals surface area contributed by atoms with Crippen molar-refractivity contribution in [2.24, 2.45) is 4.99 Å². The molecule has 4 rings (SSSR count). The first-order valence-corrected chi connectivity index (χ1v) is 17.0. The number of amides is 1. The highest BCUT2D eigenvalue weighted by Gasteiger charge is 2.34. The number of para-hydroxylation sites is 1. The summed E-state index contributed by atoms with van der Waals surface area (Å²) in [6, 6.07) is 7.63. The van der Waals surface area contributed by atoms with Crippen LogP contribution in [0.2, 0.25) is 0 Å². The first kappa shape index (κ1) is 34.5. The van der Waals surface area contributed by atoms with Crippen LogP contribution in [0.25, 0.3) is 0 Å². The topological polar surface area (TPSA) is 95.0 Å². The van der Waals surface area contributed by atoms with Gasteiger partial charge in [-0.3, -0.25) is 19.7 Å². The van der Waals surface area contributed by atoms with Gasteiger partial charge in [-0.05, 0) is 55.9 Å². The molecule has 0 radical (unpaired) electrons. The van der Waals surface area contributed by atoms with Crippen LogP contribution in [-0.4, -0.2) is 68.0 Å². The smallest absolute Gasteiger partial charge is 0.336 e. The number of carbonyl (C=O) groups is 1. The summed E-state index contributed by atoms with van der Waals surface area (Å²) in [4.78, 5) is 25.4. The number of aliphatic imine (C=N–C) groups is 1. The molecule has 244 valence electrons. The largest absolute Gasteiger partial charge is 0.418 e. The zero-order valence-electron chi connectivity index (χ0n) is 25.9. The van der Waals surface area contributed by atoms with Crippen LogP contribution in [-0.2, 0) is 27.5 Å². The van der Waals surface area contributed by atoms with E-state index in [2.05, 4.69) is 14.7 Å². The molecule has 0 unspecified atom stereocenters. The number of hydrogen-bond acceptors (Lipinski definition) is 6. The molecule has 1 amide bonds. The first-order chi connectivity index (χ1) is 21.5. The predicted octanol–water partition coefficient (Wildman–Crippen LogP) is 6.39. The van der Waals surface area contributed by atoms with E-state index in [0.29, 0.717) is 43.9 Å². The van der Waals surface area contributed by atoms with E-state index in [4.69, 9.17) is 0 Å². The Kier molecular flexibility index (Phi) is 12.1. The fraction of sp³-hybridized carbons (Fsp3) is 0.485. The highest BCUT2D eigenvalue weighted by atomic mass is 32.2. The maximum absolute atomic E-state index is 13.4. The number of carbonyl (C=O) groups excluding carboxylic acids is 1. The summed E-state index contributed by atoms with van der Waals surface area (Å²) in [5, 5.41) is 0. The molecule has 8 nitrogen and oxygen atoms in total. The van der Waals surface area contributed by atoms with E-state index < -0.39 is 21.8 Å². The minimum absolute atomic E-state index is 0.0149. The lowest BCUT2D eigenvalue weighted by Gasteiger charge is -2.35. The molecular formula is C33H42F3N5O3S. The third-order valence-electron chi connectivity index (χ3n) is 8.21. The van der Waals surface area contributed by atoms with Crippen LogP contribution in [0, 0.1) is 0 Å². The van der Waals surface area contributed by atoms with Crippen molar-refractivity contribution < 1.29 is 26.4 Å². The third kappa shape index (κ3) is 9.11. The summed E-state index contributed by atoms with van der Waals surface area (Å²) in [6.07, 6.45) is 9.58. The molecule has 2 aliphatic rings. The van der Waals surface area contributed by atoms with Gasteiger partial charge in [-0.1, -0.05) is 56.5 Å². The second kappa shape index (κ2) is 15.8. The van der Waals surface area contributed by atoms with E-state index in [1.54, 1.807) is 48.4 Å². The average molecular weight is 646 g/mol. The molecule has 1 saturated carbocycles. The average Bonchev–Trinajstić information content (AvgIpc) is 3.03. The summed E-state index contributed by atoms with van der Waals surface area (Å²) in [5.41, 5.74) is 1.11. The first-order valence-electron chi connectivity index (χ1n) is 15.6. The standard InChI is InChI=1S/C33H42F3N5O3S/c1-3-11-26(32(42)41-22-20-40(21-23-41)24-29-28(33(34,35)36)16-10-18-38-29)14-9-19-39-45(43,44)30-17-8-15-27(31(30)37-4-2)25-12-6-5-7-13-25/h4,8-11,14-18,25,39H,3,5-7,12-13,19-24H2,1-2H3/b14-9-,26-11+,37-4-. The van der Waals surface area contributed by atoms with Crippen molar-refractivity contribution in [1.29, 1.82) is 0 Å². The molecule has 2 heterocycles. The number of pyridine rings is 1. The number of halogens is 3. The van der Waals surface area contributed by atoms with E-state index in [9.17, 15) is 26.4 Å². The Labute approximate surface area is 264 Å². The number of allylic oxidation sites excluding steroid dienone is 1. The maximum atomic E-state index is 13.4. The lowest BCUT2D eigenvalue weighted by atomic mass is 9.83. The molecule has 2 aromatic rings. The molecule has 2 fully saturated rings. The number of alkyl halides is 3. The molecule has 1 saturated heterocycles. The molecule has 0 spiro atoms. The maximum Gasteiger partial charge on any atom is 0.418 e. The van der Waals surface area contributed by atoms with Crippen molar-refractivity contribution in [3.8, 4) is 0 Å². The molecule has 0 atom stereocenters. The van der Waals surface area contributed by atoms with Crippen LogP contribution in [0.15, 0.2) is 70.2 Å². The van der Waals surface area contributed by atoms with Crippen molar-refractivity contribution in [2.45, 2.75) is 75.9 Å². The zero-order valence-corrected chi connectivity index (χ0v) is 26.7. The Morgan fingerprint density at radius 3 is 2.49 bits per heavy atom. The fourth-order valence-electron chi connectivity index (χ4n) is 5.96. The number of hydrogen-bond donors (Lipinski definition) is 1. The van der Waals surface area contributed by atoms with Gasteiger partial charge in [-0.25, -0.2) is 13.1 Å².